The van der Waals surface area contributed by atoms with Crippen LogP contribution < -0.4 is 5.73 Å². The fourth-order valence-electron chi connectivity index (χ4n) is 1.70. The van der Waals surface area contributed by atoms with Crippen LogP contribution in [0.2, 0.25) is 0 Å². The van der Waals surface area contributed by atoms with Crippen molar-refractivity contribution in [2.75, 3.05) is 5.73 Å². The number of halogens is 1. The van der Waals surface area contributed by atoms with Crippen molar-refractivity contribution in [2.24, 2.45) is 0 Å². The van der Waals surface area contributed by atoms with E-state index in [2.05, 4.69) is 25.9 Å². The van der Waals surface area contributed by atoms with Gasteiger partial charge in [-0.3, -0.25) is 4.57 Å². The lowest BCUT2D eigenvalue weighted by atomic mass is 10.3. The second kappa shape index (κ2) is 3.85. The van der Waals surface area contributed by atoms with Gasteiger partial charge in [-0.05, 0) is 46.3 Å². The summed E-state index contributed by atoms with van der Waals surface area (Å²) in [5.41, 5.74) is 9.10. The number of anilines is 1. The molecular weight excluding hydrogens is 280 g/mol. The summed E-state index contributed by atoms with van der Waals surface area (Å²) in [7, 11) is 0. The number of benzene rings is 1. The standard InChI is InChI=1S/C12H9BrN4/c13-8-5-11-12(15-6-8)17(7-16-11)10-3-1-9(14)2-4-10/h1-7H,14H2. The lowest BCUT2D eigenvalue weighted by Crippen LogP contribution is -1.94. The summed E-state index contributed by atoms with van der Waals surface area (Å²) in [6.45, 7) is 0. The molecule has 5 heteroatoms. The van der Waals surface area contributed by atoms with E-state index in [1.165, 1.54) is 0 Å². The van der Waals surface area contributed by atoms with Gasteiger partial charge in [0.2, 0.25) is 0 Å². The van der Waals surface area contributed by atoms with Crippen molar-refractivity contribution in [1.29, 1.82) is 0 Å². The van der Waals surface area contributed by atoms with Gasteiger partial charge in [0.25, 0.3) is 0 Å². The smallest absolute Gasteiger partial charge is 0.164 e. The molecule has 0 spiro atoms. The molecule has 0 bridgehead atoms. The van der Waals surface area contributed by atoms with E-state index < -0.39 is 0 Å². The van der Waals surface area contributed by atoms with Gasteiger partial charge in [0.15, 0.2) is 5.65 Å². The highest BCUT2D eigenvalue weighted by Crippen LogP contribution is 2.19. The SMILES string of the molecule is Nc1ccc(-n2cnc3cc(Br)cnc32)cc1. The van der Waals surface area contributed by atoms with Crippen LogP contribution in [0.3, 0.4) is 0 Å². The molecule has 3 rings (SSSR count). The molecule has 2 N–H and O–H groups in total. The first kappa shape index (κ1) is 10.3. The number of pyridine rings is 1. The van der Waals surface area contributed by atoms with E-state index in [0.29, 0.717) is 0 Å². The Hall–Kier alpha value is -1.88. The summed E-state index contributed by atoms with van der Waals surface area (Å²) in [4.78, 5) is 8.68. The molecule has 4 nitrogen and oxygen atoms in total. The van der Waals surface area contributed by atoms with Gasteiger partial charge in [0, 0.05) is 22.0 Å². The maximum atomic E-state index is 5.67. The predicted molar refractivity (Wildman–Crippen MR) is 71.0 cm³/mol. The topological polar surface area (TPSA) is 56.7 Å². The summed E-state index contributed by atoms with van der Waals surface area (Å²) >= 11 is 3.38. The normalized spacial score (nSPS) is 10.9. The van der Waals surface area contributed by atoms with E-state index in [0.717, 1.165) is 27.0 Å². The number of fused-ring (bicyclic) bond motifs is 1. The van der Waals surface area contributed by atoms with Crippen LogP contribution in [0.15, 0.2) is 47.3 Å². The molecule has 1 aromatic carbocycles. The van der Waals surface area contributed by atoms with E-state index in [-0.39, 0.29) is 0 Å². The minimum atomic E-state index is 0.744. The van der Waals surface area contributed by atoms with Crippen molar-refractivity contribution in [3.8, 4) is 5.69 Å². The summed E-state index contributed by atoms with van der Waals surface area (Å²) in [6, 6.07) is 9.55. The van der Waals surface area contributed by atoms with Crippen molar-refractivity contribution in [1.82, 2.24) is 14.5 Å². The van der Waals surface area contributed by atoms with Crippen molar-refractivity contribution >= 4 is 32.8 Å². The highest BCUT2D eigenvalue weighted by molar-refractivity contribution is 9.10. The Balaban J connectivity index is 2.21. The number of nitrogen functional groups attached to an aromatic ring is 1. The second-order valence-corrected chi connectivity index (χ2v) is 4.62. The van der Waals surface area contributed by atoms with E-state index in [4.69, 9.17) is 5.73 Å². The zero-order valence-corrected chi connectivity index (χ0v) is 10.4. The number of hydrogen-bond acceptors (Lipinski definition) is 3. The molecule has 0 atom stereocenters. The van der Waals surface area contributed by atoms with Gasteiger partial charge in [-0.25, -0.2) is 9.97 Å². The maximum absolute atomic E-state index is 5.67. The van der Waals surface area contributed by atoms with Crippen LogP contribution in [-0.2, 0) is 0 Å². The Labute approximate surface area is 106 Å². The molecule has 0 saturated heterocycles. The van der Waals surface area contributed by atoms with Gasteiger partial charge in [-0.1, -0.05) is 0 Å². The van der Waals surface area contributed by atoms with Gasteiger partial charge in [-0.15, -0.1) is 0 Å². The van der Waals surface area contributed by atoms with Crippen LogP contribution in [-0.4, -0.2) is 14.5 Å². The first-order valence-electron chi connectivity index (χ1n) is 5.08. The molecule has 0 amide bonds. The number of nitrogens with zero attached hydrogens (tertiary/aromatic N) is 3. The number of rotatable bonds is 1. The Bertz CT molecular complexity index is 673. The fourth-order valence-corrected chi connectivity index (χ4v) is 2.02. The van der Waals surface area contributed by atoms with Crippen LogP contribution in [0, 0.1) is 0 Å². The Morgan fingerprint density at radius 2 is 1.88 bits per heavy atom. The molecule has 0 fully saturated rings. The van der Waals surface area contributed by atoms with Gasteiger partial charge in [0.05, 0.1) is 0 Å². The summed E-state index contributed by atoms with van der Waals surface area (Å²) < 4.78 is 2.86. The molecule has 0 aliphatic rings. The first-order valence-corrected chi connectivity index (χ1v) is 5.88. The first-order chi connectivity index (χ1) is 8.24. The summed E-state index contributed by atoms with van der Waals surface area (Å²) in [6.07, 6.45) is 3.52. The lowest BCUT2D eigenvalue weighted by Gasteiger charge is -2.03. The number of aromatic nitrogens is 3. The largest absolute Gasteiger partial charge is 0.399 e. The van der Waals surface area contributed by atoms with Gasteiger partial charge >= 0.3 is 0 Å². The predicted octanol–water partition coefficient (Wildman–Crippen LogP) is 2.77. The molecule has 0 aliphatic heterocycles. The quantitative estimate of drug-likeness (QED) is 0.701. The highest BCUT2D eigenvalue weighted by Gasteiger charge is 2.05. The fraction of sp³-hybridized carbons (Fsp3) is 0. The number of imidazole rings is 1. The Morgan fingerprint density at radius 3 is 2.65 bits per heavy atom. The average Bonchev–Trinajstić information content (AvgIpc) is 2.73. The molecule has 3 aromatic rings. The molecule has 0 radical (unpaired) electrons. The van der Waals surface area contributed by atoms with E-state index in [9.17, 15) is 0 Å². The highest BCUT2D eigenvalue weighted by atomic mass is 79.9. The zero-order valence-electron chi connectivity index (χ0n) is 8.84. The van der Waals surface area contributed by atoms with Crippen LogP contribution in [0.1, 0.15) is 0 Å². The van der Waals surface area contributed by atoms with E-state index >= 15 is 0 Å². The molecular formula is C12H9BrN4. The maximum Gasteiger partial charge on any atom is 0.164 e. The van der Waals surface area contributed by atoms with Crippen LogP contribution >= 0.6 is 15.9 Å². The average molecular weight is 289 g/mol. The second-order valence-electron chi connectivity index (χ2n) is 3.70. The lowest BCUT2D eigenvalue weighted by molar-refractivity contribution is 1.07. The third-order valence-corrected chi connectivity index (χ3v) is 2.96. The molecule has 84 valence electrons. The monoisotopic (exact) mass is 288 g/mol. The van der Waals surface area contributed by atoms with E-state index in [1.807, 2.05) is 34.9 Å². The molecule has 17 heavy (non-hydrogen) atoms. The van der Waals surface area contributed by atoms with Crippen molar-refractivity contribution in [3.63, 3.8) is 0 Å². The minimum Gasteiger partial charge on any atom is -0.399 e. The van der Waals surface area contributed by atoms with Gasteiger partial charge < -0.3 is 5.73 Å². The van der Waals surface area contributed by atoms with Crippen molar-refractivity contribution < 1.29 is 0 Å². The third-order valence-electron chi connectivity index (χ3n) is 2.53. The van der Waals surface area contributed by atoms with Crippen LogP contribution in [0.25, 0.3) is 16.9 Å². The number of hydrogen-bond donors (Lipinski definition) is 1. The number of nitrogens with two attached hydrogens (primary N) is 1. The zero-order chi connectivity index (χ0) is 11.8. The third kappa shape index (κ3) is 1.78. The molecule has 2 heterocycles. The minimum absolute atomic E-state index is 0.744. The Morgan fingerprint density at radius 1 is 1.12 bits per heavy atom. The molecule has 0 saturated carbocycles. The van der Waals surface area contributed by atoms with Crippen molar-refractivity contribution in [3.05, 3.63) is 47.3 Å². The Kier molecular flexibility index (Phi) is 2.33. The van der Waals surface area contributed by atoms with Crippen LogP contribution in [0.5, 0.6) is 0 Å². The summed E-state index contributed by atoms with van der Waals surface area (Å²) in [5, 5.41) is 0. The van der Waals surface area contributed by atoms with Crippen molar-refractivity contribution in [2.45, 2.75) is 0 Å². The van der Waals surface area contributed by atoms with E-state index in [1.54, 1.807) is 12.5 Å². The van der Waals surface area contributed by atoms with Gasteiger partial charge in [-0.2, -0.15) is 0 Å². The van der Waals surface area contributed by atoms with Crippen LogP contribution in [0.4, 0.5) is 5.69 Å². The summed E-state index contributed by atoms with van der Waals surface area (Å²) in [5.74, 6) is 0. The molecule has 2 aromatic heterocycles. The van der Waals surface area contributed by atoms with Gasteiger partial charge in [0.1, 0.15) is 11.8 Å². The molecule has 0 unspecified atom stereocenters. The molecule has 0 aliphatic carbocycles.